The Morgan fingerprint density at radius 1 is 1.16 bits per heavy atom. The highest BCUT2D eigenvalue weighted by atomic mass is 16.2. The lowest BCUT2D eigenvalue weighted by atomic mass is 10.1. The lowest BCUT2D eigenvalue weighted by molar-refractivity contribution is 0.0817. The number of rotatable bonds is 0. The van der Waals surface area contributed by atoms with Crippen molar-refractivity contribution >= 4 is 17.4 Å². The number of nitrogens with zero attached hydrogens (tertiary/aromatic N) is 3. The molecule has 0 spiro atoms. The fourth-order valence-electron chi connectivity index (χ4n) is 2.52. The van der Waals surface area contributed by atoms with Crippen molar-refractivity contribution in [2.24, 2.45) is 4.99 Å². The molecule has 19 heavy (non-hydrogen) atoms. The van der Waals surface area contributed by atoms with Gasteiger partial charge in [0.2, 0.25) is 0 Å². The summed E-state index contributed by atoms with van der Waals surface area (Å²) in [4.78, 5) is 20.9. The van der Waals surface area contributed by atoms with Crippen LogP contribution in [0.4, 0.5) is 5.69 Å². The zero-order valence-electron chi connectivity index (χ0n) is 11.5. The highest BCUT2D eigenvalue weighted by molar-refractivity contribution is 6.12. The lowest BCUT2D eigenvalue weighted by Crippen LogP contribution is -2.40. The summed E-state index contributed by atoms with van der Waals surface area (Å²) in [5.74, 6) is 1.01. The van der Waals surface area contributed by atoms with E-state index in [4.69, 9.17) is 0 Å². The maximum absolute atomic E-state index is 12.4. The van der Waals surface area contributed by atoms with Gasteiger partial charge in [0, 0.05) is 19.3 Å². The minimum atomic E-state index is 0.0583. The Kier molecular flexibility index (Phi) is 2.66. The second-order valence-corrected chi connectivity index (χ2v) is 5.16. The predicted molar refractivity (Wildman–Crippen MR) is 76.6 cm³/mol. The summed E-state index contributed by atoms with van der Waals surface area (Å²) in [6.45, 7) is 5.48. The molecule has 2 aliphatic rings. The van der Waals surface area contributed by atoms with Gasteiger partial charge < -0.3 is 9.80 Å². The van der Waals surface area contributed by atoms with E-state index in [-0.39, 0.29) is 5.91 Å². The van der Waals surface area contributed by atoms with Gasteiger partial charge in [0.05, 0.1) is 17.8 Å². The van der Waals surface area contributed by atoms with E-state index in [1.807, 2.05) is 38.2 Å². The Bertz CT molecular complexity index is 616. The van der Waals surface area contributed by atoms with Crippen molar-refractivity contribution in [2.45, 2.75) is 13.8 Å². The second-order valence-electron chi connectivity index (χ2n) is 5.16. The maximum atomic E-state index is 12.4. The largest absolute Gasteiger partial charge is 0.334 e. The Labute approximate surface area is 113 Å². The molecule has 0 saturated heterocycles. The van der Waals surface area contributed by atoms with Gasteiger partial charge in [-0.1, -0.05) is 12.1 Å². The quantitative estimate of drug-likeness (QED) is 0.713. The van der Waals surface area contributed by atoms with Crippen LogP contribution in [0, 0.1) is 0 Å². The van der Waals surface area contributed by atoms with Crippen molar-refractivity contribution in [3.8, 4) is 0 Å². The van der Waals surface area contributed by atoms with Gasteiger partial charge in [-0.2, -0.15) is 0 Å². The van der Waals surface area contributed by atoms with Gasteiger partial charge in [-0.3, -0.25) is 4.79 Å². The highest BCUT2D eigenvalue weighted by Gasteiger charge is 2.30. The van der Waals surface area contributed by atoms with E-state index in [2.05, 4.69) is 16.8 Å². The Morgan fingerprint density at radius 2 is 1.89 bits per heavy atom. The van der Waals surface area contributed by atoms with Gasteiger partial charge in [0.25, 0.3) is 5.91 Å². The molecule has 1 aromatic rings. The van der Waals surface area contributed by atoms with Crippen LogP contribution in [0.15, 0.2) is 40.5 Å². The average molecular weight is 255 g/mol. The predicted octanol–water partition coefficient (Wildman–Crippen LogP) is 2.28. The van der Waals surface area contributed by atoms with Gasteiger partial charge in [0.15, 0.2) is 0 Å². The van der Waals surface area contributed by atoms with E-state index in [1.54, 1.807) is 4.90 Å². The van der Waals surface area contributed by atoms with Gasteiger partial charge in [-0.05, 0) is 31.6 Å². The van der Waals surface area contributed by atoms with Crippen molar-refractivity contribution in [1.82, 2.24) is 4.90 Å². The molecule has 4 heteroatoms. The van der Waals surface area contributed by atoms with Crippen molar-refractivity contribution in [3.63, 3.8) is 0 Å². The number of allylic oxidation sites excluding steroid dienone is 1. The molecule has 4 nitrogen and oxygen atoms in total. The number of anilines is 1. The van der Waals surface area contributed by atoms with Gasteiger partial charge in [0.1, 0.15) is 5.84 Å². The third kappa shape index (κ3) is 1.84. The standard InChI is InChI=1S/C15H17N3O/c1-10-8-18-13-7-5-4-6-12(13)15(19)17(3)9-14(18)16-11(10)2/h4-7H,8-9H2,1-3H3. The SMILES string of the molecule is CC1=C(C)N=C2CN(C)C(=O)c3ccccc3N2C1. The number of amidine groups is 1. The smallest absolute Gasteiger partial charge is 0.256 e. The van der Waals surface area contributed by atoms with Crippen LogP contribution in [0.1, 0.15) is 24.2 Å². The first-order chi connectivity index (χ1) is 9.08. The highest BCUT2D eigenvalue weighted by Crippen LogP contribution is 2.29. The van der Waals surface area contributed by atoms with Gasteiger partial charge in [-0.15, -0.1) is 0 Å². The van der Waals surface area contributed by atoms with Crippen molar-refractivity contribution < 1.29 is 4.79 Å². The molecule has 0 aromatic heterocycles. The fraction of sp³-hybridized carbons (Fsp3) is 0.333. The van der Waals surface area contributed by atoms with E-state index in [0.717, 1.165) is 29.3 Å². The number of hydrogen-bond donors (Lipinski definition) is 0. The molecule has 0 radical (unpaired) electrons. The fourth-order valence-corrected chi connectivity index (χ4v) is 2.52. The minimum Gasteiger partial charge on any atom is -0.334 e. The normalized spacial score (nSPS) is 18.9. The zero-order valence-corrected chi connectivity index (χ0v) is 11.5. The maximum Gasteiger partial charge on any atom is 0.256 e. The number of aliphatic imine (C=N–C) groups is 1. The summed E-state index contributed by atoms with van der Waals surface area (Å²) in [6, 6.07) is 7.76. The molecule has 1 amide bonds. The minimum absolute atomic E-state index is 0.0583. The Hall–Kier alpha value is -2.10. The number of amides is 1. The first kappa shape index (κ1) is 12.0. The summed E-state index contributed by atoms with van der Waals surface area (Å²) in [5.41, 5.74) is 4.02. The molecule has 3 rings (SSSR count). The van der Waals surface area contributed by atoms with Crippen LogP contribution in [-0.2, 0) is 0 Å². The first-order valence-electron chi connectivity index (χ1n) is 6.44. The van der Waals surface area contributed by atoms with E-state index >= 15 is 0 Å². The molecule has 1 aromatic carbocycles. The lowest BCUT2D eigenvalue weighted by Gasteiger charge is -2.30. The third-order valence-electron chi connectivity index (χ3n) is 3.77. The number of hydrogen-bond acceptors (Lipinski definition) is 3. The first-order valence-corrected chi connectivity index (χ1v) is 6.44. The summed E-state index contributed by atoms with van der Waals surface area (Å²) in [5, 5.41) is 0. The number of benzene rings is 1. The van der Waals surface area contributed by atoms with Gasteiger partial charge in [-0.25, -0.2) is 4.99 Å². The van der Waals surface area contributed by atoms with Gasteiger partial charge >= 0.3 is 0 Å². The molecule has 0 aliphatic carbocycles. The van der Waals surface area contributed by atoms with Crippen LogP contribution in [0.5, 0.6) is 0 Å². The Balaban J connectivity index is 2.18. The Morgan fingerprint density at radius 3 is 2.68 bits per heavy atom. The van der Waals surface area contributed by atoms with Crippen LogP contribution < -0.4 is 4.90 Å². The molecular weight excluding hydrogens is 238 g/mol. The molecule has 0 N–H and O–H groups in total. The summed E-state index contributed by atoms with van der Waals surface area (Å²) >= 11 is 0. The number of carbonyl (C=O) groups excluding carboxylic acids is 1. The monoisotopic (exact) mass is 255 g/mol. The molecule has 0 atom stereocenters. The average Bonchev–Trinajstić information content (AvgIpc) is 2.50. The number of likely N-dealkylation sites (N-methyl/N-ethyl adjacent to an activating group) is 1. The summed E-state index contributed by atoms with van der Waals surface area (Å²) in [7, 11) is 1.83. The second kappa shape index (κ2) is 4.23. The van der Waals surface area contributed by atoms with Crippen LogP contribution in [0.2, 0.25) is 0 Å². The molecule has 98 valence electrons. The van der Waals surface area contributed by atoms with Crippen LogP contribution >= 0.6 is 0 Å². The van der Waals surface area contributed by atoms with Crippen LogP contribution in [-0.4, -0.2) is 36.8 Å². The van der Waals surface area contributed by atoms with Crippen LogP contribution in [0.3, 0.4) is 0 Å². The third-order valence-corrected chi connectivity index (χ3v) is 3.77. The van der Waals surface area contributed by atoms with Crippen molar-refractivity contribution in [3.05, 3.63) is 41.1 Å². The topological polar surface area (TPSA) is 35.9 Å². The van der Waals surface area contributed by atoms with E-state index in [1.165, 1.54) is 5.57 Å². The number of fused-ring (bicyclic) bond motifs is 3. The van der Waals surface area contributed by atoms with Crippen LogP contribution in [0.25, 0.3) is 0 Å². The molecule has 0 fully saturated rings. The van der Waals surface area contributed by atoms with E-state index in [9.17, 15) is 4.79 Å². The molecule has 2 aliphatic heterocycles. The van der Waals surface area contributed by atoms with Crippen molar-refractivity contribution in [2.75, 3.05) is 25.0 Å². The molecule has 0 bridgehead atoms. The van der Waals surface area contributed by atoms with Crippen molar-refractivity contribution in [1.29, 1.82) is 0 Å². The summed E-state index contributed by atoms with van der Waals surface area (Å²) in [6.07, 6.45) is 0. The number of carbonyl (C=O) groups is 1. The molecule has 2 heterocycles. The molecule has 0 saturated carbocycles. The van der Waals surface area contributed by atoms with E-state index in [0.29, 0.717) is 6.54 Å². The molecular formula is C15H17N3O. The van der Waals surface area contributed by atoms with E-state index < -0.39 is 0 Å². The summed E-state index contributed by atoms with van der Waals surface area (Å²) < 4.78 is 0. The number of para-hydroxylation sites is 1. The molecule has 0 unspecified atom stereocenters. The zero-order chi connectivity index (χ0) is 13.6.